The Morgan fingerprint density at radius 3 is 2.65 bits per heavy atom. The molecule has 8 nitrogen and oxygen atoms in total. The van der Waals surface area contributed by atoms with Crippen LogP contribution in [0.3, 0.4) is 0 Å². The average molecular weight is 355 g/mol. The molecule has 0 bridgehead atoms. The van der Waals surface area contributed by atoms with Crippen LogP contribution >= 0.6 is 0 Å². The molecule has 0 radical (unpaired) electrons. The van der Waals surface area contributed by atoms with E-state index < -0.39 is 10.5 Å². The van der Waals surface area contributed by atoms with Crippen molar-refractivity contribution in [2.24, 2.45) is 0 Å². The summed E-state index contributed by atoms with van der Waals surface area (Å²) in [4.78, 5) is 34.4. The van der Waals surface area contributed by atoms with Gasteiger partial charge in [-0.1, -0.05) is 0 Å². The number of nitrogens with one attached hydrogen (secondary N) is 1. The molecular weight excluding hydrogens is 338 g/mol. The van der Waals surface area contributed by atoms with Crippen LogP contribution < -0.4 is 15.6 Å². The number of hydrogen-bond acceptors (Lipinski definition) is 5. The summed E-state index contributed by atoms with van der Waals surface area (Å²) in [5.74, 6) is 0.169. The van der Waals surface area contributed by atoms with Crippen molar-refractivity contribution in [1.29, 1.82) is 0 Å². The van der Waals surface area contributed by atoms with Gasteiger partial charge in [0.2, 0.25) is 5.91 Å². The summed E-state index contributed by atoms with van der Waals surface area (Å²) in [6.45, 7) is 5.01. The summed E-state index contributed by atoms with van der Waals surface area (Å²) in [5.41, 5.74) is 0.165. The molecule has 3 rings (SSSR count). The maximum Gasteiger partial charge on any atom is 0.270 e. The molecular formula is C18H17N3O5. The SMILES string of the molecule is CC(=O)Nc1ccc(=O)n(C2=CC(C)(C)Oc3ccc([N+](=O)[O-])cc32)c1. The van der Waals surface area contributed by atoms with Gasteiger partial charge in [0, 0.05) is 36.9 Å². The number of pyridine rings is 1. The number of rotatable bonds is 3. The summed E-state index contributed by atoms with van der Waals surface area (Å²) in [6.07, 6.45) is 3.21. The second-order valence-corrected chi connectivity index (χ2v) is 6.48. The van der Waals surface area contributed by atoms with E-state index >= 15 is 0 Å². The van der Waals surface area contributed by atoms with Crippen molar-refractivity contribution in [3.63, 3.8) is 0 Å². The molecule has 0 saturated carbocycles. The molecule has 0 fully saturated rings. The van der Waals surface area contributed by atoms with Crippen molar-refractivity contribution in [2.75, 3.05) is 5.32 Å². The number of anilines is 1. The largest absolute Gasteiger partial charge is 0.483 e. The lowest BCUT2D eigenvalue weighted by Crippen LogP contribution is -2.32. The number of hydrogen-bond donors (Lipinski definition) is 1. The predicted octanol–water partition coefficient (Wildman–Crippen LogP) is 2.78. The van der Waals surface area contributed by atoms with E-state index in [0.29, 0.717) is 22.7 Å². The highest BCUT2D eigenvalue weighted by Crippen LogP contribution is 2.38. The van der Waals surface area contributed by atoms with Crippen LogP contribution in [0.4, 0.5) is 11.4 Å². The van der Waals surface area contributed by atoms with E-state index in [0.717, 1.165) is 0 Å². The van der Waals surface area contributed by atoms with Crippen molar-refractivity contribution < 1.29 is 14.5 Å². The fourth-order valence-corrected chi connectivity index (χ4v) is 2.79. The molecule has 0 aliphatic carbocycles. The number of benzene rings is 1. The van der Waals surface area contributed by atoms with Crippen LogP contribution in [0.2, 0.25) is 0 Å². The van der Waals surface area contributed by atoms with Gasteiger partial charge in [-0.25, -0.2) is 0 Å². The molecule has 0 spiro atoms. The maximum atomic E-state index is 12.4. The number of fused-ring (bicyclic) bond motifs is 1. The Morgan fingerprint density at radius 1 is 1.27 bits per heavy atom. The van der Waals surface area contributed by atoms with E-state index in [4.69, 9.17) is 4.74 Å². The fraction of sp³-hybridized carbons (Fsp3) is 0.222. The van der Waals surface area contributed by atoms with Crippen molar-refractivity contribution in [3.05, 3.63) is 68.6 Å². The van der Waals surface area contributed by atoms with E-state index in [1.165, 1.54) is 48.0 Å². The number of carbonyl (C=O) groups excluding carboxylic acids is 1. The summed E-state index contributed by atoms with van der Waals surface area (Å²) in [7, 11) is 0. The maximum absolute atomic E-state index is 12.4. The third-order valence-electron chi connectivity index (χ3n) is 3.80. The second kappa shape index (κ2) is 6.14. The van der Waals surface area contributed by atoms with Crippen LogP contribution in [-0.2, 0) is 4.79 Å². The number of ether oxygens (including phenoxy) is 1. The van der Waals surface area contributed by atoms with Crippen molar-refractivity contribution in [1.82, 2.24) is 4.57 Å². The fourth-order valence-electron chi connectivity index (χ4n) is 2.79. The van der Waals surface area contributed by atoms with Crippen LogP contribution in [0.1, 0.15) is 26.3 Å². The molecule has 1 N–H and O–H groups in total. The Morgan fingerprint density at radius 2 is 2.00 bits per heavy atom. The minimum absolute atomic E-state index is 0.107. The van der Waals surface area contributed by atoms with E-state index in [9.17, 15) is 19.7 Å². The highest BCUT2D eigenvalue weighted by Gasteiger charge is 2.29. The molecule has 26 heavy (non-hydrogen) atoms. The Bertz CT molecular complexity index is 1000. The van der Waals surface area contributed by atoms with E-state index in [1.54, 1.807) is 6.08 Å². The highest BCUT2D eigenvalue weighted by molar-refractivity contribution is 5.88. The minimum Gasteiger partial charge on any atom is -0.483 e. The molecule has 0 atom stereocenters. The molecule has 1 aromatic heterocycles. The molecule has 1 aliphatic rings. The van der Waals surface area contributed by atoms with Crippen molar-refractivity contribution in [2.45, 2.75) is 26.4 Å². The monoisotopic (exact) mass is 355 g/mol. The van der Waals surface area contributed by atoms with Gasteiger partial charge in [0.05, 0.1) is 16.3 Å². The van der Waals surface area contributed by atoms with Gasteiger partial charge in [0.1, 0.15) is 11.4 Å². The summed E-state index contributed by atoms with van der Waals surface area (Å²) in [6, 6.07) is 7.07. The molecule has 2 heterocycles. The molecule has 1 amide bonds. The van der Waals surface area contributed by atoms with Gasteiger partial charge >= 0.3 is 0 Å². The highest BCUT2D eigenvalue weighted by atomic mass is 16.6. The second-order valence-electron chi connectivity index (χ2n) is 6.48. The number of nitro benzene ring substituents is 1. The first kappa shape index (κ1) is 17.4. The molecule has 0 saturated heterocycles. The van der Waals surface area contributed by atoms with E-state index in [1.807, 2.05) is 13.8 Å². The molecule has 8 heteroatoms. The average Bonchev–Trinajstić information content (AvgIpc) is 2.54. The van der Waals surface area contributed by atoms with Crippen LogP contribution in [-0.4, -0.2) is 21.0 Å². The third-order valence-corrected chi connectivity index (χ3v) is 3.80. The quantitative estimate of drug-likeness (QED) is 0.673. The summed E-state index contributed by atoms with van der Waals surface area (Å²) in [5, 5.41) is 13.7. The smallest absolute Gasteiger partial charge is 0.270 e. The first-order chi connectivity index (χ1) is 12.2. The predicted molar refractivity (Wildman–Crippen MR) is 96.2 cm³/mol. The lowest BCUT2D eigenvalue weighted by Gasteiger charge is -2.31. The Kier molecular flexibility index (Phi) is 4.11. The normalized spacial score (nSPS) is 14.7. The van der Waals surface area contributed by atoms with Crippen LogP contribution in [0.5, 0.6) is 5.75 Å². The van der Waals surface area contributed by atoms with Gasteiger partial charge in [-0.2, -0.15) is 0 Å². The topological polar surface area (TPSA) is 103 Å². The third kappa shape index (κ3) is 3.34. The first-order valence-electron chi connectivity index (χ1n) is 7.88. The number of non-ortho nitro benzene ring substituents is 1. The molecule has 0 unspecified atom stereocenters. The molecule has 134 valence electrons. The van der Waals surface area contributed by atoms with Gasteiger partial charge in [0.25, 0.3) is 11.2 Å². The zero-order valence-corrected chi connectivity index (χ0v) is 14.5. The van der Waals surface area contributed by atoms with Crippen LogP contribution in [0.25, 0.3) is 5.70 Å². The number of amides is 1. The minimum atomic E-state index is -0.720. The summed E-state index contributed by atoms with van der Waals surface area (Å²) < 4.78 is 7.20. The molecule has 1 aromatic carbocycles. The van der Waals surface area contributed by atoms with E-state index in [2.05, 4.69) is 5.32 Å². The van der Waals surface area contributed by atoms with Crippen LogP contribution in [0, 0.1) is 10.1 Å². The number of nitrogens with zero attached hydrogens (tertiary/aromatic N) is 2. The Balaban J connectivity index is 2.22. The molecule has 1 aliphatic heterocycles. The lowest BCUT2D eigenvalue weighted by atomic mass is 9.98. The Labute approximate surface area is 148 Å². The van der Waals surface area contributed by atoms with Gasteiger partial charge in [-0.15, -0.1) is 0 Å². The van der Waals surface area contributed by atoms with Gasteiger partial charge in [-0.3, -0.25) is 24.3 Å². The van der Waals surface area contributed by atoms with Crippen molar-refractivity contribution in [3.8, 4) is 5.75 Å². The lowest BCUT2D eigenvalue weighted by molar-refractivity contribution is -0.384. The number of nitro groups is 1. The zero-order chi connectivity index (χ0) is 19.1. The number of carbonyl (C=O) groups is 1. The van der Waals surface area contributed by atoms with Crippen molar-refractivity contribution >= 4 is 23.0 Å². The standard InChI is InChI=1S/C18H17N3O5/c1-11(22)19-12-4-7-17(23)20(10-12)15-9-18(2,3)26-16-6-5-13(21(24)25)8-14(15)16/h4-10H,1-3H3,(H,19,22). The summed E-state index contributed by atoms with van der Waals surface area (Å²) >= 11 is 0. The van der Waals surface area contributed by atoms with Gasteiger partial charge in [-0.05, 0) is 32.1 Å². The van der Waals surface area contributed by atoms with Gasteiger partial charge < -0.3 is 10.1 Å². The zero-order valence-electron chi connectivity index (χ0n) is 14.5. The first-order valence-corrected chi connectivity index (χ1v) is 7.88. The van der Waals surface area contributed by atoms with Gasteiger partial charge in [0.15, 0.2) is 0 Å². The molecule has 2 aromatic rings. The number of aromatic nitrogens is 1. The Hall–Kier alpha value is -3.42. The van der Waals surface area contributed by atoms with E-state index in [-0.39, 0.29) is 17.2 Å². The van der Waals surface area contributed by atoms with Crippen LogP contribution in [0.15, 0.2) is 47.4 Å².